The molecule has 0 spiro atoms. The zero-order valence-electron chi connectivity index (χ0n) is 11.5. The number of rotatable bonds is 9. The highest BCUT2D eigenvalue weighted by molar-refractivity contribution is 6.30. The van der Waals surface area contributed by atoms with Gasteiger partial charge in [-0.15, -0.1) is 0 Å². The van der Waals surface area contributed by atoms with E-state index >= 15 is 0 Å². The standard InChI is InChI=1S/C15H23ClN2O/c1-2-3-9-18-15(19)8-11-17-10-7-13-5-4-6-14(16)12-13/h4-6,12,17H,2-3,7-11H2,1H3,(H,18,19). The summed E-state index contributed by atoms with van der Waals surface area (Å²) in [7, 11) is 0. The third-order valence-corrected chi connectivity index (χ3v) is 3.10. The first-order valence-electron chi connectivity index (χ1n) is 6.94. The molecule has 0 atom stereocenters. The zero-order chi connectivity index (χ0) is 13.9. The maximum atomic E-state index is 11.4. The Kier molecular flexibility index (Phi) is 8.26. The van der Waals surface area contributed by atoms with Gasteiger partial charge in [0.25, 0.3) is 0 Å². The van der Waals surface area contributed by atoms with Crippen LogP contribution in [0.5, 0.6) is 0 Å². The van der Waals surface area contributed by atoms with E-state index in [1.807, 2.05) is 18.2 Å². The van der Waals surface area contributed by atoms with Crippen LogP contribution in [0.25, 0.3) is 0 Å². The smallest absolute Gasteiger partial charge is 0.221 e. The molecular weight excluding hydrogens is 260 g/mol. The van der Waals surface area contributed by atoms with Gasteiger partial charge >= 0.3 is 0 Å². The van der Waals surface area contributed by atoms with Crippen LogP contribution in [0.4, 0.5) is 0 Å². The third kappa shape index (κ3) is 7.85. The van der Waals surface area contributed by atoms with Crippen LogP contribution in [0.15, 0.2) is 24.3 Å². The molecule has 0 aliphatic heterocycles. The Morgan fingerprint density at radius 1 is 1.26 bits per heavy atom. The summed E-state index contributed by atoms with van der Waals surface area (Å²) in [6.07, 6.45) is 3.63. The minimum atomic E-state index is 0.128. The number of carbonyl (C=O) groups is 1. The Hall–Kier alpha value is -1.06. The molecule has 0 saturated carbocycles. The average molecular weight is 283 g/mol. The summed E-state index contributed by atoms with van der Waals surface area (Å²) in [5, 5.41) is 6.95. The van der Waals surface area contributed by atoms with Crippen molar-refractivity contribution < 1.29 is 4.79 Å². The van der Waals surface area contributed by atoms with Gasteiger partial charge in [0.05, 0.1) is 0 Å². The van der Waals surface area contributed by atoms with Gasteiger partial charge in [0.1, 0.15) is 0 Å². The third-order valence-electron chi connectivity index (χ3n) is 2.86. The molecule has 1 aromatic carbocycles. The SMILES string of the molecule is CCCCNC(=O)CCNCCc1cccc(Cl)c1. The fourth-order valence-corrected chi connectivity index (χ4v) is 1.96. The largest absolute Gasteiger partial charge is 0.356 e. The monoisotopic (exact) mass is 282 g/mol. The van der Waals surface area contributed by atoms with E-state index in [1.165, 1.54) is 5.56 Å². The average Bonchev–Trinajstić information content (AvgIpc) is 2.39. The molecule has 106 valence electrons. The van der Waals surface area contributed by atoms with Gasteiger partial charge in [0, 0.05) is 24.5 Å². The first-order chi connectivity index (χ1) is 9.22. The van der Waals surface area contributed by atoms with Crippen LogP contribution in [0.1, 0.15) is 31.7 Å². The zero-order valence-corrected chi connectivity index (χ0v) is 12.3. The molecule has 0 radical (unpaired) electrons. The normalized spacial score (nSPS) is 10.4. The first-order valence-corrected chi connectivity index (χ1v) is 7.32. The van der Waals surface area contributed by atoms with Gasteiger partial charge in [0.15, 0.2) is 0 Å². The highest BCUT2D eigenvalue weighted by Gasteiger charge is 1.99. The molecule has 0 aliphatic carbocycles. The van der Waals surface area contributed by atoms with E-state index in [2.05, 4.69) is 23.6 Å². The molecule has 0 unspecified atom stereocenters. The lowest BCUT2D eigenvalue weighted by molar-refractivity contribution is -0.120. The maximum Gasteiger partial charge on any atom is 0.221 e. The van der Waals surface area contributed by atoms with Crippen molar-refractivity contribution in [1.29, 1.82) is 0 Å². The minimum Gasteiger partial charge on any atom is -0.356 e. The molecule has 0 heterocycles. The van der Waals surface area contributed by atoms with Crippen LogP contribution in [0.2, 0.25) is 5.02 Å². The van der Waals surface area contributed by atoms with Crippen molar-refractivity contribution in [2.45, 2.75) is 32.6 Å². The van der Waals surface area contributed by atoms with Gasteiger partial charge in [0.2, 0.25) is 5.91 Å². The molecule has 0 aromatic heterocycles. The van der Waals surface area contributed by atoms with E-state index < -0.39 is 0 Å². The first kappa shape index (κ1) is 16.0. The van der Waals surface area contributed by atoms with Gasteiger partial charge < -0.3 is 10.6 Å². The Morgan fingerprint density at radius 2 is 2.11 bits per heavy atom. The molecule has 1 rings (SSSR count). The highest BCUT2D eigenvalue weighted by Crippen LogP contribution is 2.10. The fourth-order valence-electron chi connectivity index (χ4n) is 1.75. The molecule has 0 fully saturated rings. The lowest BCUT2D eigenvalue weighted by Gasteiger charge is -2.06. The summed E-state index contributed by atoms with van der Waals surface area (Å²) in [5.41, 5.74) is 1.22. The molecule has 0 aliphatic rings. The van der Waals surface area contributed by atoms with Crippen molar-refractivity contribution >= 4 is 17.5 Å². The second-order valence-corrected chi connectivity index (χ2v) is 5.02. The number of hydrogen-bond acceptors (Lipinski definition) is 2. The van der Waals surface area contributed by atoms with Crippen molar-refractivity contribution in [3.63, 3.8) is 0 Å². The number of carbonyl (C=O) groups excluding carboxylic acids is 1. The van der Waals surface area contributed by atoms with E-state index in [4.69, 9.17) is 11.6 Å². The molecule has 0 bridgehead atoms. The predicted molar refractivity (Wildman–Crippen MR) is 80.6 cm³/mol. The van der Waals surface area contributed by atoms with Gasteiger partial charge in [-0.3, -0.25) is 4.79 Å². The summed E-state index contributed by atoms with van der Waals surface area (Å²) in [4.78, 5) is 11.4. The number of unbranched alkanes of at least 4 members (excludes halogenated alkanes) is 1. The summed E-state index contributed by atoms with van der Waals surface area (Å²) in [6, 6.07) is 7.86. The summed E-state index contributed by atoms with van der Waals surface area (Å²) in [5.74, 6) is 0.128. The maximum absolute atomic E-state index is 11.4. The van der Waals surface area contributed by atoms with Crippen molar-refractivity contribution in [3.8, 4) is 0 Å². The van der Waals surface area contributed by atoms with E-state index in [-0.39, 0.29) is 5.91 Å². The topological polar surface area (TPSA) is 41.1 Å². The second kappa shape index (κ2) is 9.82. The summed E-state index contributed by atoms with van der Waals surface area (Å²) in [6.45, 7) is 4.49. The molecule has 0 saturated heterocycles. The van der Waals surface area contributed by atoms with E-state index in [9.17, 15) is 4.79 Å². The molecule has 3 nitrogen and oxygen atoms in total. The lowest BCUT2D eigenvalue weighted by Crippen LogP contribution is -2.29. The summed E-state index contributed by atoms with van der Waals surface area (Å²) >= 11 is 5.91. The fraction of sp³-hybridized carbons (Fsp3) is 0.533. The van der Waals surface area contributed by atoms with Crippen LogP contribution >= 0.6 is 11.6 Å². The molecule has 19 heavy (non-hydrogen) atoms. The summed E-state index contributed by atoms with van der Waals surface area (Å²) < 4.78 is 0. The second-order valence-electron chi connectivity index (χ2n) is 4.58. The number of benzene rings is 1. The molecule has 1 amide bonds. The van der Waals surface area contributed by atoms with Gasteiger partial charge in [-0.05, 0) is 37.1 Å². The van der Waals surface area contributed by atoms with Crippen LogP contribution in [0, 0.1) is 0 Å². The van der Waals surface area contributed by atoms with Crippen LogP contribution < -0.4 is 10.6 Å². The van der Waals surface area contributed by atoms with Gasteiger partial charge in [-0.1, -0.05) is 37.1 Å². The van der Waals surface area contributed by atoms with Crippen LogP contribution in [0.3, 0.4) is 0 Å². The van der Waals surface area contributed by atoms with Crippen molar-refractivity contribution in [2.75, 3.05) is 19.6 Å². The van der Waals surface area contributed by atoms with E-state index in [0.29, 0.717) is 6.42 Å². The van der Waals surface area contributed by atoms with E-state index in [1.54, 1.807) is 0 Å². The molecule has 2 N–H and O–H groups in total. The Bertz CT molecular complexity index is 382. The van der Waals surface area contributed by atoms with Crippen LogP contribution in [-0.2, 0) is 11.2 Å². The number of nitrogens with one attached hydrogen (secondary N) is 2. The van der Waals surface area contributed by atoms with Gasteiger partial charge in [-0.2, -0.15) is 0 Å². The predicted octanol–water partition coefficient (Wildman–Crippen LogP) is 2.78. The number of hydrogen-bond donors (Lipinski definition) is 2. The van der Waals surface area contributed by atoms with Crippen LogP contribution in [-0.4, -0.2) is 25.5 Å². The van der Waals surface area contributed by atoms with Crippen molar-refractivity contribution in [3.05, 3.63) is 34.9 Å². The Labute approximate surface area is 120 Å². The molecule has 4 heteroatoms. The van der Waals surface area contributed by atoms with Crippen molar-refractivity contribution in [1.82, 2.24) is 10.6 Å². The van der Waals surface area contributed by atoms with E-state index in [0.717, 1.165) is 43.9 Å². The highest BCUT2D eigenvalue weighted by atomic mass is 35.5. The van der Waals surface area contributed by atoms with Gasteiger partial charge in [-0.25, -0.2) is 0 Å². The number of amides is 1. The number of halogens is 1. The van der Waals surface area contributed by atoms with Crippen molar-refractivity contribution in [2.24, 2.45) is 0 Å². The molecule has 1 aromatic rings. The molecular formula is C15H23ClN2O. The Morgan fingerprint density at radius 3 is 2.84 bits per heavy atom. The quantitative estimate of drug-likeness (QED) is 0.684. The minimum absolute atomic E-state index is 0.128. The Balaban J connectivity index is 2.03. The lowest BCUT2D eigenvalue weighted by atomic mass is 10.1.